The molecule has 0 aliphatic rings. The number of aromatic nitrogens is 1. The molecular formula is C14H26N2OS. The van der Waals surface area contributed by atoms with Crippen LogP contribution in [0.2, 0.25) is 0 Å². The minimum absolute atomic E-state index is 0.159. The van der Waals surface area contributed by atoms with Crippen molar-refractivity contribution in [2.75, 3.05) is 19.8 Å². The van der Waals surface area contributed by atoms with Crippen LogP contribution in [0.4, 0.5) is 0 Å². The van der Waals surface area contributed by atoms with Crippen LogP contribution in [0.1, 0.15) is 50.4 Å². The van der Waals surface area contributed by atoms with Gasteiger partial charge in [0.2, 0.25) is 0 Å². The zero-order valence-electron chi connectivity index (χ0n) is 12.1. The quantitative estimate of drug-likeness (QED) is 0.736. The molecule has 18 heavy (non-hydrogen) atoms. The molecule has 1 heterocycles. The second kappa shape index (κ2) is 7.87. The van der Waals surface area contributed by atoms with Gasteiger partial charge in [-0.25, -0.2) is 4.98 Å². The van der Waals surface area contributed by atoms with Crippen molar-refractivity contribution in [1.29, 1.82) is 0 Å². The molecule has 0 atom stereocenters. The molecule has 0 unspecified atom stereocenters. The lowest BCUT2D eigenvalue weighted by Crippen LogP contribution is -2.19. The van der Waals surface area contributed by atoms with E-state index in [4.69, 9.17) is 4.74 Å². The summed E-state index contributed by atoms with van der Waals surface area (Å²) in [5.74, 6) is 0. The first-order valence-electron chi connectivity index (χ1n) is 6.77. The van der Waals surface area contributed by atoms with Crippen molar-refractivity contribution in [2.24, 2.45) is 0 Å². The van der Waals surface area contributed by atoms with Crippen LogP contribution in [0.3, 0.4) is 0 Å². The average Bonchev–Trinajstić information content (AvgIpc) is 2.76. The van der Waals surface area contributed by atoms with Gasteiger partial charge >= 0.3 is 0 Å². The highest BCUT2D eigenvalue weighted by Gasteiger charge is 2.17. The summed E-state index contributed by atoms with van der Waals surface area (Å²) in [4.78, 5) is 5.77. The van der Waals surface area contributed by atoms with E-state index in [-0.39, 0.29) is 5.41 Å². The van der Waals surface area contributed by atoms with Gasteiger partial charge in [-0.3, -0.25) is 0 Å². The van der Waals surface area contributed by atoms with Gasteiger partial charge in [-0.2, -0.15) is 0 Å². The summed E-state index contributed by atoms with van der Waals surface area (Å²) in [7, 11) is 0. The van der Waals surface area contributed by atoms with Gasteiger partial charge in [0.15, 0.2) is 0 Å². The first-order chi connectivity index (χ1) is 8.54. The van der Waals surface area contributed by atoms with Crippen molar-refractivity contribution in [2.45, 2.75) is 52.5 Å². The number of ether oxygens (including phenoxy) is 1. The molecule has 104 valence electrons. The van der Waals surface area contributed by atoms with E-state index < -0.39 is 0 Å². The van der Waals surface area contributed by atoms with E-state index in [1.165, 1.54) is 16.3 Å². The van der Waals surface area contributed by atoms with Crippen LogP contribution in [0.25, 0.3) is 0 Å². The third kappa shape index (κ3) is 5.94. The van der Waals surface area contributed by atoms with Gasteiger partial charge in [-0.05, 0) is 6.42 Å². The Morgan fingerprint density at radius 3 is 2.72 bits per heavy atom. The summed E-state index contributed by atoms with van der Waals surface area (Å²) in [6.07, 6.45) is 4.34. The number of thiazole rings is 1. The largest absolute Gasteiger partial charge is 0.380 e. The summed E-state index contributed by atoms with van der Waals surface area (Å²) in [6, 6.07) is 0. The molecule has 0 aromatic carbocycles. The van der Waals surface area contributed by atoms with Crippen molar-refractivity contribution in [3.63, 3.8) is 0 Å². The molecule has 0 saturated carbocycles. The highest BCUT2D eigenvalue weighted by Crippen LogP contribution is 2.26. The van der Waals surface area contributed by atoms with Gasteiger partial charge in [0.1, 0.15) is 0 Å². The number of unbranched alkanes of at least 4 members (excludes halogenated alkanes) is 1. The Hall–Kier alpha value is -0.450. The van der Waals surface area contributed by atoms with Gasteiger partial charge in [-0.15, -0.1) is 11.3 Å². The molecule has 1 aromatic heterocycles. The first-order valence-corrected chi connectivity index (χ1v) is 7.59. The Morgan fingerprint density at radius 1 is 1.33 bits per heavy atom. The van der Waals surface area contributed by atoms with E-state index in [1.54, 1.807) is 11.3 Å². The van der Waals surface area contributed by atoms with Gasteiger partial charge < -0.3 is 10.1 Å². The smallest absolute Gasteiger partial charge is 0.0981 e. The normalized spacial score (nSPS) is 12.0. The molecule has 0 bridgehead atoms. The molecule has 3 nitrogen and oxygen atoms in total. The number of hydrogen-bond donors (Lipinski definition) is 1. The summed E-state index contributed by atoms with van der Waals surface area (Å²) in [6.45, 7) is 12.3. The average molecular weight is 270 g/mol. The maximum atomic E-state index is 5.50. The number of hydrogen-bond acceptors (Lipinski definition) is 4. The molecule has 0 spiro atoms. The predicted octanol–water partition coefficient (Wildman–Crippen LogP) is 3.35. The molecule has 0 saturated heterocycles. The zero-order chi connectivity index (χ0) is 13.4. The minimum atomic E-state index is 0.159. The second-order valence-electron chi connectivity index (χ2n) is 5.52. The summed E-state index contributed by atoms with van der Waals surface area (Å²) in [5, 5.41) is 4.60. The minimum Gasteiger partial charge on any atom is -0.380 e. The third-order valence-electron chi connectivity index (χ3n) is 2.56. The molecule has 1 aromatic rings. The summed E-state index contributed by atoms with van der Waals surface area (Å²) < 4.78 is 5.50. The number of nitrogens with zero attached hydrogens (tertiary/aromatic N) is 1. The van der Waals surface area contributed by atoms with Crippen LogP contribution < -0.4 is 5.32 Å². The van der Waals surface area contributed by atoms with Crippen molar-refractivity contribution in [1.82, 2.24) is 10.3 Å². The topological polar surface area (TPSA) is 34.1 Å². The second-order valence-corrected chi connectivity index (χ2v) is 6.64. The van der Waals surface area contributed by atoms with Crippen LogP contribution in [0.15, 0.2) is 6.20 Å². The standard InChI is InChI=1S/C14H26N2OS/c1-5-6-8-17-9-7-15-10-12-11-16-13(18-12)14(2,3)4/h11,15H,5-10H2,1-4H3. The molecule has 0 aliphatic carbocycles. The molecule has 0 fully saturated rings. The summed E-state index contributed by atoms with van der Waals surface area (Å²) >= 11 is 1.80. The lowest BCUT2D eigenvalue weighted by Gasteiger charge is -2.13. The van der Waals surface area contributed by atoms with E-state index in [9.17, 15) is 0 Å². The van der Waals surface area contributed by atoms with Crippen molar-refractivity contribution in [3.05, 3.63) is 16.1 Å². The van der Waals surface area contributed by atoms with E-state index >= 15 is 0 Å². The van der Waals surface area contributed by atoms with Gasteiger partial charge in [0.05, 0.1) is 11.6 Å². The SMILES string of the molecule is CCCCOCCNCc1cnc(C(C)(C)C)s1. The van der Waals surface area contributed by atoms with Gasteiger partial charge in [0, 0.05) is 36.2 Å². The van der Waals surface area contributed by atoms with E-state index in [0.717, 1.165) is 32.7 Å². The first kappa shape index (κ1) is 15.6. The molecule has 0 amide bonds. The number of nitrogens with one attached hydrogen (secondary N) is 1. The van der Waals surface area contributed by atoms with Crippen molar-refractivity contribution in [3.8, 4) is 0 Å². The molecular weight excluding hydrogens is 244 g/mol. The fourth-order valence-electron chi connectivity index (χ4n) is 1.44. The zero-order valence-corrected chi connectivity index (χ0v) is 12.9. The lowest BCUT2D eigenvalue weighted by molar-refractivity contribution is 0.133. The Kier molecular flexibility index (Phi) is 6.82. The molecule has 1 N–H and O–H groups in total. The van der Waals surface area contributed by atoms with Crippen LogP contribution in [-0.2, 0) is 16.7 Å². The Labute approximate surface area is 115 Å². The third-order valence-corrected chi connectivity index (χ3v) is 3.98. The van der Waals surface area contributed by atoms with E-state index in [2.05, 4.69) is 38.0 Å². The highest BCUT2D eigenvalue weighted by molar-refractivity contribution is 7.11. The lowest BCUT2D eigenvalue weighted by atomic mass is 9.98. The maximum Gasteiger partial charge on any atom is 0.0981 e. The molecule has 4 heteroatoms. The van der Waals surface area contributed by atoms with E-state index in [1.807, 2.05) is 6.20 Å². The maximum absolute atomic E-state index is 5.50. The number of rotatable bonds is 8. The van der Waals surface area contributed by atoms with Crippen molar-refractivity contribution >= 4 is 11.3 Å². The Bertz CT molecular complexity index is 331. The molecule has 0 aliphatic heterocycles. The predicted molar refractivity (Wildman–Crippen MR) is 78.2 cm³/mol. The molecule has 1 rings (SSSR count). The van der Waals surface area contributed by atoms with Crippen LogP contribution in [0, 0.1) is 0 Å². The monoisotopic (exact) mass is 270 g/mol. The summed E-state index contributed by atoms with van der Waals surface area (Å²) in [5.41, 5.74) is 0.159. The van der Waals surface area contributed by atoms with E-state index in [0.29, 0.717) is 0 Å². The van der Waals surface area contributed by atoms with Crippen molar-refractivity contribution < 1.29 is 4.74 Å². The van der Waals surface area contributed by atoms with Gasteiger partial charge in [-0.1, -0.05) is 34.1 Å². The Balaban J connectivity index is 2.14. The fraction of sp³-hybridized carbons (Fsp3) is 0.786. The van der Waals surface area contributed by atoms with Crippen LogP contribution >= 0.6 is 11.3 Å². The fourth-order valence-corrected chi connectivity index (χ4v) is 2.38. The highest BCUT2D eigenvalue weighted by atomic mass is 32.1. The van der Waals surface area contributed by atoms with Gasteiger partial charge in [0.25, 0.3) is 0 Å². The van der Waals surface area contributed by atoms with Crippen LogP contribution in [0.5, 0.6) is 0 Å². The molecule has 0 radical (unpaired) electrons. The Morgan fingerprint density at radius 2 is 2.11 bits per heavy atom. The van der Waals surface area contributed by atoms with Crippen LogP contribution in [-0.4, -0.2) is 24.7 Å².